The van der Waals surface area contributed by atoms with Crippen molar-refractivity contribution >= 4 is 32.6 Å². The minimum absolute atomic E-state index is 0.0593. The summed E-state index contributed by atoms with van der Waals surface area (Å²) in [6, 6.07) is 11.8. The largest absolute Gasteiger partial charge is 0.494 e. The standard InChI is InChI=1S/C20H22N2O3S/c1-12(2)14-9-8-13(3)10-16(14)25-11-18(23)21-20-22-19-15(24-4)6-5-7-17(19)26-20/h5-10,12H,11H2,1-4H3,(H,21,22,23). The Bertz CT molecular complexity index is 934. The first-order valence-corrected chi connectivity index (χ1v) is 9.26. The SMILES string of the molecule is COc1cccc2sc(NC(=O)COc3cc(C)ccc3C(C)C)nc12. The Balaban J connectivity index is 1.69. The third kappa shape index (κ3) is 3.96. The van der Waals surface area contributed by atoms with E-state index in [4.69, 9.17) is 9.47 Å². The van der Waals surface area contributed by atoms with Gasteiger partial charge in [0.1, 0.15) is 17.0 Å². The highest BCUT2D eigenvalue weighted by Crippen LogP contribution is 2.32. The molecule has 1 aromatic heterocycles. The first-order valence-electron chi connectivity index (χ1n) is 8.44. The van der Waals surface area contributed by atoms with Crippen molar-refractivity contribution in [2.45, 2.75) is 26.7 Å². The number of rotatable bonds is 6. The number of carbonyl (C=O) groups excluding carboxylic acids is 1. The highest BCUT2D eigenvalue weighted by atomic mass is 32.1. The molecule has 0 unspecified atom stereocenters. The second kappa shape index (κ2) is 7.74. The molecule has 6 heteroatoms. The molecular weight excluding hydrogens is 348 g/mol. The Morgan fingerprint density at radius 2 is 2.04 bits per heavy atom. The van der Waals surface area contributed by atoms with Gasteiger partial charge >= 0.3 is 0 Å². The molecule has 3 rings (SSSR count). The molecular formula is C20H22N2O3S. The van der Waals surface area contributed by atoms with Crippen molar-refractivity contribution in [1.29, 1.82) is 0 Å². The van der Waals surface area contributed by atoms with E-state index < -0.39 is 0 Å². The summed E-state index contributed by atoms with van der Waals surface area (Å²) < 4.78 is 12.0. The summed E-state index contributed by atoms with van der Waals surface area (Å²) in [6.07, 6.45) is 0. The van der Waals surface area contributed by atoms with E-state index in [0.717, 1.165) is 27.1 Å². The second-order valence-electron chi connectivity index (χ2n) is 6.36. The molecule has 0 aliphatic heterocycles. The maximum absolute atomic E-state index is 12.3. The predicted octanol–water partition coefficient (Wildman–Crippen LogP) is 4.75. The van der Waals surface area contributed by atoms with Crippen LogP contribution < -0.4 is 14.8 Å². The molecule has 0 atom stereocenters. The molecule has 0 aliphatic rings. The molecule has 0 bridgehead atoms. The zero-order valence-corrected chi connectivity index (χ0v) is 16.1. The molecule has 2 aromatic carbocycles. The molecule has 0 saturated carbocycles. The average molecular weight is 370 g/mol. The maximum Gasteiger partial charge on any atom is 0.264 e. The van der Waals surface area contributed by atoms with E-state index in [9.17, 15) is 4.79 Å². The van der Waals surface area contributed by atoms with E-state index in [-0.39, 0.29) is 12.5 Å². The fourth-order valence-electron chi connectivity index (χ4n) is 2.68. The highest BCUT2D eigenvalue weighted by Gasteiger charge is 2.13. The predicted molar refractivity (Wildman–Crippen MR) is 106 cm³/mol. The summed E-state index contributed by atoms with van der Waals surface area (Å²) in [7, 11) is 1.61. The number of anilines is 1. The molecule has 136 valence electrons. The lowest BCUT2D eigenvalue weighted by Crippen LogP contribution is -2.20. The lowest BCUT2D eigenvalue weighted by molar-refractivity contribution is -0.118. The van der Waals surface area contributed by atoms with Gasteiger partial charge in [0.05, 0.1) is 11.8 Å². The van der Waals surface area contributed by atoms with Crippen molar-refractivity contribution in [1.82, 2.24) is 4.98 Å². The number of hydrogen-bond acceptors (Lipinski definition) is 5. The summed E-state index contributed by atoms with van der Waals surface area (Å²) in [5.41, 5.74) is 2.94. The molecule has 0 spiro atoms. The average Bonchev–Trinajstić information content (AvgIpc) is 3.01. The van der Waals surface area contributed by atoms with Crippen LogP contribution in [0.15, 0.2) is 36.4 Å². The van der Waals surface area contributed by atoms with Crippen LogP contribution in [0.1, 0.15) is 30.9 Å². The van der Waals surface area contributed by atoms with Crippen LogP contribution >= 0.6 is 11.3 Å². The van der Waals surface area contributed by atoms with Crippen LogP contribution in [0, 0.1) is 6.92 Å². The number of thiazole rings is 1. The fourth-order valence-corrected chi connectivity index (χ4v) is 3.58. The van der Waals surface area contributed by atoms with Crippen molar-refractivity contribution in [3.8, 4) is 11.5 Å². The third-order valence-corrected chi connectivity index (χ3v) is 4.93. The van der Waals surface area contributed by atoms with Crippen LogP contribution in [0.3, 0.4) is 0 Å². The van der Waals surface area contributed by atoms with E-state index >= 15 is 0 Å². The number of carbonyl (C=O) groups is 1. The van der Waals surface area contributed by atoms with Crippen molar-refractivity contribution in [2.75, 3.05) is 19.0 Å². The van der Waals surface area contributed by atoms with Crippen LogP contribution in [-0.2, 0) is 4.79 Å². The number of para-hydroxylation sites is 1. The zero-order valence-electron chi connectivity index (χ0n) is 15.3. The zero-order chi connectivity index (χ0) is 18.7. The topological polar surface area (TPSA) is 60.5 Å². The number of nitrogens with one attached hydrogen (secondary N) is 1. The molecule has 26 heavy (non-hydrogen) atoms. The molecule has 0 aliphatic carbocycles. The van der Waals surface area contributed by atoms with Gasteiger partial charge in [-0.15, -0.1) is 0 Å². The Hall–Kier alpha value is -2.60. The minimum Gasteiger partial charge on any atom is -0.494 e. The quantitative estimate of drug-likeness (QED) is 0.680. The second-order valence-corrected chi connectivity index (χ2v) is 7.39. The van der Waals surface area contributed by atoms with Crippen LogP contribution in [0.4, 0.5) is 5.13 Å². The number of amides is 1. The molecule has 1 amide bonds. The first-order chi connectivity index (χ1) is 12.5. The van der Waals surface area contributed by atoms with Gasteiger partial charge in [0.2, 0.25) is 0 Å². The third-order valence-electron chi connectivity index (χ3n) is 4.00. The fraction of sp³-hybridized carbons (Fsp3) is 0.300. The number of methoxy groups -OCH3 is 1. The van der Waals surface area contributed by atoms with Crippen molar-refractivity contribution in [3.63, 3.8) is 0 Å². The lowest BCUT2D eigenvalue weighted by Gasteiger charge is -2.14. The minimum atomic E-state index is -0.237. The van der Waals surface area contributed by atoms with Gasteiger partial charge in [-0.2, -0.15) is 0 Å². The number of aromatic nitrogens is 1. The smallest absolute Gasteiger partial charge is 0.264 e. The Morgan fingerprint density at radius 1 is 1.23 bits per heavy atom. The molecule has 0 saturated heterocycles. The van der Waals surface area contributed by atoms with Gasteiger partial charge in [0, 0.05) is 0 Å². The van der Waals surface area contributed by atoms with E-state index in [2.05, 4.69) is 30.2 Å². The number of ether oxygens (including phenoxy) is 2. The van der Waals surface area contributed by atoms with Crippen LogP contribution in [-0.4, -0.2) is 24.6 Å². The first kappa shape index (κ1) is 18.2. The molecule has 1 N–H and O–H groups in total. The van der Waals surface area contributed by atoms with Crippen molar-refractivity contribution in [3.05, 3.63) is 47.5 Å². The highest BCUT2D eigenvalue weighted by molar-refractivity contribution is 7.22. The number of nitrogens with zero attached hydrogens (tertiary/aromatic N) is 1. The summed E-state index contributed by atoms with van der Waals surface area (Å²) in [5, 5.41) is 3.34. The summed E-state index contributed by atoms with van der Waals surface area (Å²) >= 11 is 1.41. The summed E-state index contributed by atoms with van der Waals surface area (Å²) in [6.45, 7) is 6.15. The number of benzene rings is 2. The van der Waals surface area contributed by atoms with E-state index in [1.54, 1.807) is 7.11 Å². The monoisotopic (exact) mass is 370 g/mol. The summed E-state index contributed by atoms with van der Waals surface area (Å²) in [5.74, 6) is 1.53. The van der Waals surface area contributed by atoms with Gasteiger partial charge in [-0.3, -0.25) is 10.1 Å². The van der Waals surface area contributed by atoms with Gasteiger partial charge in [0.15, 0.2) is 11.7 Å². The Kier molecular flexibility index (Phi) is 5.42. The van der Waals surface area contributed by atoms with E-state index in [1.807, 2.05) is 37.3 Å². The molecule has 5 nitrogen and oxygen atoms in total. The van der Waals surface area contributed by atoms with E-state index in [0.29, 0.717) is 16.8 Å². The van der Waals surface area contributed by atoms with Gasteiger partial charge in [-0.1, -0.05) is 43.4 Å². The van der Waals surface area contributed by atoms with Crippen molar-refractivity contribution in [2.24, 2.45) is 0 Å². The van der Waals surface area contributed by atoms with Gasteiger partial charge in [-0.05, 0) is 42.2 Å². The van der Waals surface area contributed by atoms with E-state index in [1.165, 1.54) is 11.3 Å². The Morgan fingerprint density at radius 3 is 2.77 bits per heavy atom. The number of fused-ring (bicyclic) bond motifs is 1. The van der Waals surface area contributed by atoms with Gasteiger partial charge in [0.25, 0.3) is 5.91 Å². The molecule has 3 aromatic rings. The van der Waals surface area contributed by atoms with Crippen molar-refractivity contribution < 1.29 is 14.3 Å². The summed E-state index contributed by atoms with van der Waals surface area (Å²) in [4.78, 5) is 16.7. The van der Waals surface area contributed by atoms with Crippen LogP contribution in [0.25, 0.3) is 10.2 Å². The molecule has 1 heterocycles. The normalized spacial score (nSPS) is 11.0. The van der Waals surface area contributed by atoms with Crippen LogP contribution in [0.5, 0.6) is 11.5 Å². The van der Waals surface area contributed by atoms with Gasteiger partial charge < -0.3 is 9.47 Å². The van der Waals surface area contributed by atoms with Gasteiger partial charge in [-0.25, -0.2) is 4.98 Å². The maximum atomic E-state index is 12.3. The van der Waals surface area contributed by atoms with Crippen LogP contribution in [0.2, 0.25) is 0 Å². The lowest BCUT2D eigenvalue weighted by atomic mass is 10.0. The molecule has 0 fully saturated rings. The number of hydrogen-bond donors (Lipinski definition) is 1. The molecule has 0 radical (unpaired) electrons. The number of aryl methyl sites for hydroxylation is 1. The Labute approximate surface area is 157 Å².